The van der Waals surface area contributed by atoms with Gasteiger partial charge in [0.05, 0.1) is 5.56 Å². The molecule has 0 fully saturated rings. The number of benzene rings is 2. The lowest BCUT2D eigenvalue weighted by molar-refractivity contribution is -0.137. The van der Waals surface area contributed by atoms with Crippen LogP contribution in [0, 0.1) is 0 Å². The van der Waals surface area contributed by atoms with Crippen LogP contribution in [-0.4, -0.2) is 32.1 Å². The monoisotopic (exact) mass is 392 g/mol. The van der Waals surface area contributed by atoms with E-state index in [0.29, 0.717) is 12.2 Å². The number of nitrogens with zero attached hydrogens (tertiary/aromatic N) is 1. The average Bonchev–Trinajstić information content (AvgIpc) is 2.67. The van der Waals surface area contributed by atoms with E-state index in [1.54, 1.807) is 23.1 Å². The van der Waals surface area contributed by atoms with E-state index >= 15 is 0 Å². The van der Waals surface area contributed by atoms with Gasteiger partial charge in [-0.2, -0.15) is 13.2 Å². The number of alkyl halides is 3. The topological polar surface area (TPSA) is 58.6 Å². The molecule has 5 nitrogen and oxygen atoms in total. The quantitative estimate of drug-likeness (QED) is 0.859. The maximum Gasteiger partial charge on any atom is 0.416 e. The number of carbonyl (C=O) groups excluding carboxylic acids is 2. The van der Waals surface area contributed by atoms with E-state index in [1.807, 2.05) is 0 Å². The van der Waals surface area contributed by atoms with E-state index in [0.717, 1.165) is 48.4 Å². The molecule has 1 aliphatic heterocycles. The molecule has 0 atom stereocenters. The molecule has 0 saturated carbocycles. The molecule has 8 heteroatoms. The molecule has 0 radical (unpaired) electrons. The van der Waals surface area contributed by atoms with Gasteiger partial charge in [-0.1, -0.05) is 0 Å². The van der Waals surface area contributed by atoms with Crippen LogP contribution < -0.4 is 10.2 Å². The van der Waals surface area contributed by atoms with Crippen molar-refractivity contribution in [1.82, 2.24) is 0 Å². The van der Waals surface area contributed by atoms with Crippen LogP contribution in [0.15, 0.2) is 42.5 Å². The number of nitrogens with one attached hydrogen (secondary N) is 1. The van der Waals surface area contributed by atoms with E-state index in [1.165, 1.54) is 7.11 Å². The molecule has 0 saturated heterocycles. The lowest BCUT2D eigenvalue weighted by Gasteiger charge is -2.29. The van der Waals surface area contributed by atoms with Crippen molar-refractivity contribution in [2.75, 3.05) is 30.5 Å². The minimum Gasteiger partial charge on any atom is -0.375 e. The summed E-state index contributed by atoms with van der Waals surface area (Å²) in [5.41, 5.74) is 1.53. The molecule has 2 aromatic rings. The third kappa shape index (κ3) is 4.33. The number of hydrogen-bond acceptors (Lipinski definition) is 3. The van der Waals surface area contributed by atoms with Crippen molar-refractivity contribution in [3.05, 3.63) is 59.2 Å². The fraction of sp³-hybridized carbons (Fsp3) is 0.300. The van der Waals surface area contributed by atoms with Gasteiger partial charge < -0.3 is 15.0 Å². The number of fused-ring (bicyclic) bond motifs is 1. The van der Waals surface area contributed by atoms with Gasteiger partial charge in [-0.25, -0.2) is 0 Å². The van der Waals surface area contributed by atoms with Crippen LogP contribution in [0.5, 0.6) is 0 Å². The summed E-state index contributed by atoms with van der Waals surface area (Å²) in [6, 6.07) is 9.23. The van der Waals surface area contributed by atoms with Gasteiger partial charge >= 0.3 is 6.18 Å². The van der Waals surface area contributed by atoms with Crippen LogP contribution in [0.2, 0.25) is 0 Å². The zero-order valence-electron chi connectivity index (χ0n) is 15.2. The SMILES string of the molecule is COCC(=O)N1CCCc2cc(NC(=O)c3ccc(C(F)(F)F)cc3)ccc21. The summed E-state index contributed by atoms with van der Waals surface area (Å²) in [6.45, 7) is 0.596. The number of rotatable bonds is 4. The second kappa shape index (κ2) is 8.02. The van der Waals surface area contributed by atoms with Crippen molar-refractivity contribution in [3.63, 3.8) is 0 Å². The van der Waals surface area contributed by atoms with Crippen molar-refractivity contribution in [2.24, 2.45) is 0 Å². The number of halogens is 3. The van der Waals surface area contributed by atoms with E-state index in [4.69, 9.17) is 4.74 Å². The predicted molar refractivity (Wildman–Crippen MR) is 98.4 cm³/mol. The largest absolute Gasteiger partial charge is 0.416 e. The van der Waals surface area contributed by atoms with Crippen molar-refractivity contribution in [3.8, 4) is 0 Å². The highest BCUT2D eigenvalue weighted by atomic mass is 19.4. The van der Waals surface area contributed by atoms with E-state index < -0.39 is 17.6 Å². The van der Waals surface area contributed by atoms with Crippen molar-refractivity contribution < 1.29 is 27.5 Å². The number of anilines is 2. The molecule has 0 aromatic heterocycles. The Morgan fingerprint density at radius 1 is 1.14 bits per heavy atom. The first kappa shape index (κ1) is 19.9. The Hall–Kier alpha value is -2.87. The Kier molecular flexibility index (Phi) is 5.69. The zero-order valence-corrected chi connectivity index (χ0v) is 15.2. The molecule has 2 aromatic carbocycles. The lowest BCUT2D eigenvalue weighted by atomic mass is 10.0. The Morgan fingerprint density at radius 3 is 2.50 bits per heavy atom. The van der Waals surface area contributed by atoms with Crippen LogP contribution in [0.1, 0.15) is 27.9 Å². The number of hydrogen-bond donors (Lipinski definition) is 1. The van der Waals surface area contributed by atoms with Gasteiger partial charge in [0.2, 0.25) is 0 Å². The van der Waals surface area contributed by atoms with Crippen molar-refractivity contribution in [2.45, 2.75) is 19.0 Å². The molecule has 0 bridgehead atoms. The van der Waals surface area contributed by atoms with Crippen LogP contribution >= 0.6 is 0 Å². The highest BCUT2D eigenvalue weighted by molar-refractivity contribution is 6.04. The minimum absolute atomic E-state index is 0.00809. The summed E-state index contributed by atoms with van der Waals surface area (Å²) in [7, 11) is 1.46. The lowest BCUT2D eigenvalue weighted by Crippen LogP contribution is -2.37. The number of carbonyl (C=O) groups is 2. The minimum atomic E-state index is -4.44. The number of aryl methyl sites for hydroxylation is 1. The molecule has 1 aliphatic rings. The molecule has 2 amide bonds. The van der Waals surface area contributed by atoms with Crippen molar-refractivity contribution >= 4 is 23.2 Å². The molecule has 3 rings (SSSR count). The van der Waals surface area contributed by atoms with Crippen LogP contribution in [0.4, 0.5) is 24.5 Å². The first-order valence-electron chi connectivity index (χ1n) is 8.70. The summed E-state index contributed by atoms with van der Waals surface area (Å²) in [5, 5.41) is 2.69. The Balaban J connectivity index is 1.75. The van der Waals surface area contributed by atoms with Crippen molar-refractivity contribution in [1.29, 1.82) is 0 Å². The first-order valence-corrected chi connectivity index (χ1v) is 8.70. The third-order valence-electron chi connectivity index (χ3n) is 4.50. The second-order valence-electron chi connectivity index (χ2n) is 6.45. The number of methoxy groups -OCH3 is 1. The highest BCUT2D eigenvalue weighted by Crippen LogP contribution is 2.31. The summed E-state index contributed by atoms with van der Waals surface area (Å²) < 4.78 is 42.8. The van der Waals surface area contributed by atoms with E-state index in [-0.39, 0.29) is 18.1 Å². The molecule has 0 unspecified atom stereocenters. The van der Waals surface area contributed by atoms with Gasteiger partial charge in [0.25, 0.3) is 11.8 Å². The molecule has 0 aliphatic carbocycles. The van der Waals surface area contributed by atoms with E-state index in [2.05, 4.69) is 5.32 Å². The van der Waals surface area contributed by atoms with Gasteiger partial charge in [-0.3, -0.25) is 9.59 Å². The average molecular weight is 392 g/mol. The molecule has 1 N–H and O–H groups in total. The Morgan fingerprint density at radius 2 is 1.86 bits per heavy atom. The summed E-state index contributed by atoms with van der Waals surface area (Å²) >= 11 is 0. The van der Waals surface area contributed by atoms with Gasteiger partial charge in [-0.15, -0.1) is 0 Å². The maximum absolute atomic E-state index is 12.6. The number of amides is 2. The van der Waals surface area contributed by atoms with Crippen LogP contribution in [-0.2, 0) is 22.1 Å². The van der Waals surface area contributed by atoms with Gasteiger partial charge in [-0.05, 0) is 60.9 Å². The maximum atomic E-state index is 12.6. The third-order valence-corrected chi connectivity index (χ3v) is 4.50. The molecular weight excluding hydrogens is 373 g/mol. The Bertz CT molecular complexity index is 879. The summed E-state index contributed by atoms with van der Waals surface area (Å²) in [5.74, 6) is -0.637. The first-order chi connectivity index (χ1) is 13.3. The summed E-state index contributed by atoms with van der Waals surface area (Å²) in [6.07, 6.45) is -2.89. The van der Waals surface area contributed by atoms with Crippen LogP contribution in [0.25, 0.3) is 0 Å². The predicted octanol–water partition coefficient (Wildman–Crippen LogP) is 3.88. The number of ether oxygens (including phenoxy) is 1. The van der Waals surface area contributed by atoms with Gasteiger partial charge in [0.1, 0.15) is 6.61 Å². The smallest absolute Gasteiger partial charge is 0.375 e. The van der Waals surface area contributed by atoms with E-state index in [9.17, 15) is 22.8 Å². The highest BCUT2D eigenvalue weighted by Gasteiger charge is 2.30. The molecule has 28 heavy (non-hydrogen) atoms. The van der Waals surface area contributed by atoms with Crippen LogP contribution in [0.3, 0.4) is 0 Å². The molecular formula is C20H19F3N2O3. The summed E-state index contributed by atoms with van der Waals surface area (Å²) in [4.78, 5) is 26.1. The molecule has 1 heterocycles. The normalized spacial score (nSPS) is 13.8. The Labute approximate surface area is 160 Å². The molecule has 0 spiro atoms. The fourth-order valence-corrected chi connectivity index (χ4v) is 3.15. The molecule has 148 valence electrons. The second-order valence-corrected chi connectivity index (χ2v) is 6.45. The zero-order chi connectivity index (χ0) is 20.3. The standard InChI is InChI=1S/C20H19F3N2O3/c1-28-12-18(26)25-10-2-3-14-11-16(8-9-17(14)25)24-19(27)13-4-6-15(7-5-13)20(21,22)23/h4-9,11H,2-3,10,12H2,1H3,(H,24,27). The fourth-order valence-electron chi connectivity index (χ4n) is 3.15. The van der Waals surface area contributed by atoms with Gasteiger partial charge in [0.15, 0.2) is 0 Å². The van der Waals surface area contributed by atoms with Gasteiger partial charge in [0, 0.05) is 30.6 Å².